The van der Waals surface area contributed by atoms with Crippen LogP contribution in [0.2, 0.25) is 0 Å². The zero-order valence-corrected chi connectivity index (χ0v) is 10.1. The van der Waals surface area contributed by atoms with Gasteiger partial charge in [-0.15, -0.1) is 0 Å². The highest BCUT2D eigenvalue weighted by molar-refractivity contribution is 5.21. The third kappa shape index (κ3) is 2.41. The van der Waals surface area contributed by atoms with E-state index in [2.05, 4.69) is 10.0 Å². The summed E-state index contributed by atoms with van der Waals surface area (Å²) in [6.07, 6.45) is -0.315. The van der Waals surface area contributed by atoms with Crippen molar-refractivity contribution in [3.8, 4) is 6.07 Å². The first-order valence-electron chi connectivity index (χ1n) is 5.66. The van der Waals surface area contributed by atoms with Crippen LogP contribution in [0, 0.1) is 11.3 Å². The Morgan fingerprint density at radius 1 is 1.70 bits per heavy atom. The Morgan fingerprint density at radius 2 is 2.45 bits per heavy atom. The van der Waals surface area contributed by atoms with Gasteiger partial charge in [-0.2, -0.15) is 5.26 Å². The molecule has 0 saturated carbocycles. The molecule has 1 fully saturated rings. The summed E-state index contributed by atoms with van der Waals surface area (Å²) in [5.41, 5.74) is 6.68. The van der Waals surface area contributed by atoms with Crippen LogP contribution in [-0.2, 0) is 4.74 Å². The number of nitrogens with zero attached hydrogens (tertiary/aromatic N) is 5. The Bertz CT molecular complexity index is 710. The Balaban J connectivity index is 2.39. The number of azide groups is 1. The molecule has 20 heavy (non-hydrogen) atoms. The molecule has 1 aliphatic rings. The first-order valence-corrected chi connectivity index (χ1v) is 5.66. The molecule has 1 unspecified atom stereocenters. The fourth-order valence-corrected chi connectivity index (χ4v) is 2.02. The number of aromatic amines is 1. The number of aliphatic hydroxyl groups is 1. The van der Waals surface area contributed by atoms with E-state index in [0.717, 1.165) is 10.8 Å². The molecule has 2 N–H and O–H groups in total. The number of rotatable bonds is 3. The molecular weight excluding hydrogens is 268 g/mol. The SMILES string of the molecule is N#Cc1cn([C@@H]2CC(N=[N+]=[N-])[C@H](CO)O2)c(=O)[nH]c1=O. The predicted molar refractivity (Wildman–Crippen MR) is 64.6 cm³/mol. The highest BCUT2D eigenvalue weighted by atomic mass is 16.5. The van der Waals surface area contributed by atoms with Crippen LogP contribution in [0.4, 0.5) is 0 Å². The second-order valence-electron chi connectivity index (χ2n) is 4.14. The Kier molecular flexibility index (Phi) is 3.86. The highest BCUT2D eigenvalue weighted by Crippen LogP contribution is 2.29. The van der Waals surface area contributed by atoms with E-state index < -0.39 is 29.6 Å². The lowest BCUT2D eigenvalue weighted by atomic mass is 10.1. The number of aliphatic hydroxyl groups excluding tert-OH is 1. The molecule has 1 saturated heterocycles. The maximum Gasteiger partial charge on any atom is 0.330 e. The van der Waals surface area contributed by atoms with Gasteiger partial charge in [0.1, 0.15) is 17.9 Å². The Labute approximate surface area is 111 Å². The number of hydrogen-bond donors (Lipinski definition) is 2. The lowest BCUT2D eigenvalue weighted by Crippen LogP contribution is -2.33. The minimum absolute atomic E-state index is 0.159. The number of nitrogens with one attached hydrogen (secondary N) is 1. The summed E-state index contributed by atoms with van der Waals surface area (Å²) in [7, 11) is 0. The van der Waals surface area contributed by atoms with E-state index in [-0.39, 0.29) is 18.6 Å². The fraction of sp³-hybridized carbons (Fsp3) is 0.500. The summed E-state index contributed by atoms with van der Waals surface area (Å²) in [4.78, 5) is 27.6. The lowest BCUT2D eigenvalue weighted by Gasteiger charge is -2.14. The summed E-state index contributed by atoms with van der Waals surface area (Å²) >= 11 is 0. The van der Waals surface area contributed by atoms with Crippen LogP contribution >= 0.6 is 0 Å². The molecule has 0 radical (unpaired) electrons. The van der Waals surface area contributed by atoms with Crippen LogP contribution in [0.25, 0.3) is 10.4 Å². The molecule has 3 atom stereocenters. The van der Waals surface area contributed by atoms with Crippen molar-refractivity contribution in [2.45, 2.75) is 24.8 Å². The molecule has 10 heteroatoms. The van der Waals surface area contributed by atoms with E-state index in [1.54, 1.807) is 6.07 Å². The van der Waals surface area contributed by atoms with Gasteiger partial charge in [0, 0.05) is 17.5 Å². The summed E-state index contributed by atoms with van der Waals surface area (Å²) < 4.78 is 6.44. The van der Waals surface area contributed by atoms with Gasteiger partial charge in [0.25, 0.3) is 5.56 Å². The summed E-state index contributed by atoms with van der Waals surface area (Å²) in [5, 5.41) is 21.4. The largest absolute Gasteiger partial charge is 0.394 e. The van der Waals surface area contributed by atoms with Crippen molar-refractivity contribution in [1.29, 1.82) is 5.26 Å². The van der Waals surface area contributed by atoms with E-state index in [9.17, 15) is 9.59 Å². The average Bonchev–Trinajstić information content (AvgIpc) is 2.82. The fourth-order valence-electron chi connectivity index (χ4n) is 2.02. The van der Waals surface area contributed by atoms with Gasteiger partial charge in [0.2, 0.25) is 0 Å². The molecule has 0 spiro atoms. The number of H-pyrrole nitrogens is 1. The van der Waals surface area contributed by atoms with Gasteiger partial charge in [0.05, 0.1) is 18.8 Å². The van der Waals surface area contributed by atoms with Gasteiger partial charge in [-0.05, 0) is 5.53 Å². The standard InChI is InChI=1S/C10H10N6O4/c11-2-5-3-16(10(19)13-9(5)18)8-1-6(14-15-12)7(4-17)20-8/h3,6-8,17H,1,4H2,(H,13,18,19)/t6?,7-,8-/m0/s1. The van der Waals surface area contributed by atoms with Crippen LogP contribution in [0.3, 0.4) is 0 Å². The monoisotopic (exact) mass is 278 g/mol. The molecule has 0 aliphatic carbocycles. The van der Waals surface area contributed by atoms with Gasteiger partial charge in [-0.25, -0.2) is 4.79 Å². The van der Waals surface area contributed by atoms with Crippen molar-refractivity contribution >= 4 is 0 Å². The van der Waals surface area contributed by atoms with E-state index >= 15 is 0 Å². The third-order valence-corrected chi connectivity index (χ3v) is 2.98. The van der Waals surface area contributed by atoms with Crippen LogP contribution in [-0.4, -0.2) is 33.4 Å². The molecule has 0 amide bonds. The van der Waals surface area contributed by atoms with Crippen LogP contribution in [0.1, 0.15) is 18.2 Å². The molecule has 2 rings (SSSR count). The normalized spacial score (nSPS) is 24.9. The zero-order chi connectivity index (χ0) is 14.7. The van der Waals surface area contributed by atoms with Crippen molar-refractivity contribution in [1.82, 2.24) is 9.55 Å². The lowest BCUT2D eigenvalue weighted by molar-refractivity contribution is -0.0271. The van der Waals surface area contributed by atoms with Crippen molar-refractivity contribution in [3.05, 3.63) is 43.0 Å². The van der Waals surface area contributed by atoms with Gasteiger partial charge in [-0.3, -0.25) is 14.3 Å². The van der Waals surface area contributed by atoms with Crippen molar-refractivity contribution in [2.75, 3.05) is 6.61 Å². The Morgan fingerprint density at radius 3 is 3.05 bits per heavy atom. The van der Waals surface area contributed by atoms with Crippen LogP contribution in [0.5, 0.6) is 0 Å². The van der Waals surface area contributed by atoms with Gasteiger partial charge < -0.3 is 9.84 Å². The molecule has 0 bridgehead atoms. The number of nitriles is 1. The van der Waals surface area contributed by atoms with Gasteiger partial charge in [-0.1, -0.05) is 5.11 Å². The molecule has 1 aromatic rings. The summed E-state index contributed by atoms with van der Waals surface area (Å²) in [5.74, 6) is 0. The topological polar surface area (TPSA) is 157 Å². The second kappa shape index (κ2) is 5.58. The van der Waals surface area contributed by atoms with Gasteiger partial charge >= 0.3 is 5.69 Å². The quantitative estimate of drug-likeness (QED) is 0.427. The molecule has 10 nitrogen and oxygen atoms in total. The molecule has 2 heterocycles. The molecule has 1 aliphatic heterocycles. The number of hydrogen-bond acceptors (Lipinski definition) is 6. The number of ether oxygens (including phenoxy) is 1. The van der Waals surface area contributed by atoms with E-state index in [1.165, 1.54) is 0 Å². The number of aromatic nitrogens is 2. The Hall–Kier alpha value is -2.60. The zero-order valence-electron chi connectivity index (χ0n) is 10.1. The first kappa shape index (κ1) is 13.8. The smallest absolute Gasteiger partial charge is 0.330 e. The molecule has 104 valence electrons. The van der Waals surface area contributed by atoms with Crippen LogP contribution < -0.4 is 11.2 Å². The van der Waals surface area contributed by atoms with Crippen molar-refractivity contribution in [3.63, 3.8) is 0 Å². The highest BCUT2D eigenvalue weighted by Gasteiger charge is 2.35. The van der Waals surface area contributed by atoms with E-state index in [0.29, 0.717) is 0 Å². The van der Waals surface area contributed by atoms with Crippen molar-refractivity contribution < 1.29 is 9.84 Å². The van der Waals surface area contributed by atoms with Crippen molar-refractivity contribution in [2.24, 2.45) is 5.11 Å². The molecule has 0 aromatic carbocycles. The average molecular weight is 278 g/mol. The van der Waals surface area contributed by atoms with E-state index in [1.807, 2.05) is 4.98 Å². The minimum atomic E-state index is -0.820. The first-order chi connectivity index (χ1) is 9.60. The molecule has 1 aromatic heterocycles. The summed E-state index contributed by atoms with van der Waals surface area (Å²) in [6.45, 7) is -0.372. The van der Waals surface area contributed by atoms with Gasteiger partial charge in [0.15, 0.2) is 0 Å². The minimum Gasteiger partial charge on any atom is -0.394 e. The summed E-state index contributed by atoms with van der Waals surface area (Å²) in [6, 6.07) is 1.03. The second-order valence-corrected chi connectivity index (χ2v) is 4.14. The maximum absolute atomic E-state index is 11.7. The van der Waals surface area contributed by atoms with Crippen LogP contribution in [0.15, 0.2) is 20.9 Å². The van der Waals surface area contributed by atoms with E-state index in [4.69, 9.17) is 20.6 Å². The molecular formula is C10H10N6O4. The third-order valence-electron chi connectivity index (χ3n) is 2.98. The predicted octanol–water partition coefficient (Wildman–Crippen LogP) is -0.633. The maximum atomic E-state index is 11.7.